The van der Waals surface area contributed by atoms with Gasteiger partial charge in [0.1, 0.15) is 0 Å². The maximum absolute atomic E-state index is 12.0. The number of carbonyl (C=O) groups is 1. The third kappa shape index (κ3) is 4.40. The Hall–Kier alpha value is -0.720. The molecule has 1 aromatic carbocycles. The number of hydrogen-bond donors (Lipinski definition) is 2. The first kappa shape index (κ1) is 14.7. The summed E-state index contributed by atoms with van der Waals surface area (Å²) < 4.78 is 0.772. The molecule has 2 rings (SSSR count). The first-order chi connectivity index (χ1) is 9.16. The molecule has 1 saturated heterocycles. The van der Waals surface area contributed by atoms with Crippen LogP contribution in [0.25, 0.3) is 0 Å². The molecule has 1 amide bonds. The average Bonchev–Trinajstić information content (AvgIpc) is 2.42. The van der Waals surface area contributed by atoms with Crippen molar-refractivity contribution in [1.29, 1.82) is 0 Å². The fourth-order valence-corrected chi connectivity index (χ4v) is 3.37. The Morgan fingerprint density at radius 2 is 2.16 bits per heavy atom. The molecule has 0 radical (unpaired) electrons. The van der Waals surface area contributed by atoms with Crippen molar-refractivity contribution in [3.05, 3.63) is 28.2 Å². The van der Waals surface area contributed by atoms with Crippen LogP contribution in [0.1, 0.15) is 10.4 Å². The van der Waals surface area contributed by atoms with Gasteiger partial charge in [0.15, 0.2) is 0 Å². The molecule has 0 aliphatic carbocycles. The van der Waals surface area contributed by atoms with Gasteiger partial charge in [-0.3, -0.25) is 9.69 Å². The summed E-state index contributed by atoms with van der Waals surface area (Å²) in [5, 5.41) is 2.94. The van der Waals surface area contributed by atoms with E-state index >= 15 is 0 Å². The maximum atomic E-state index is 12.0. The summed E-state index contributed by atoms with van der Waals surface area (Å²) in [6, 6.07) is 5.26. The van der Waals surface area contributed by atoms with Crippen molar-refractivity contribution in [2.75, 3.05) is 43.4 Å². The minimum Gasteiger partial charge on any atom is -0.399 e. The van der Waals surface area contributed by atoms with E-state index < -0.39 is 0 Å². The van der Waals surface area contributed by atoms with E-state index in [-0.39, 0.29) is 5.91 Å². The maximum Gasteiger partial charge on any atom is 0.252 e. The van der Waals surface area contributed by atoms with Gasteiger partial charge < -0.3 is 11.1 Å². The number of thioether (sulfide) groups is 1. The molecule has 0 atom stereocenters. The predicted molar refractivity (Wildman–Crippen MR) is 84.7 cm³/mol. The molecule has 3 N–H and O–H groups in total. The highest BCUT2D eigenvalue weighted by molar-refractivity contribution is 9.10. The molecule has 1 aliphatic heterocycles. The molecular formula is C13H18BrN3OS. The first-order valence-electron chi connectivity index (χ1n) is 6.30. The smallest absolute Gasteiger partial charge is 0.252 e. The SMILES string of the molecule is Nc1ccc(Br)c(C(=O)NCCN2CCSCC2)c1. The zero-order chi connectivity index (χ0) is 13.7. The Morgan fingerprint density at radius 1 is 1.42 bits per heavy atom. The van der Waals surface area contributed by atoms with Crippen molar-refractivity contribution in [1.82, 2.24) is 10.2 Å². The highest BCUT2D eigenvalue weighted by Crippen LogP contribution is 2.19. The third-order valence-corrected chi connectivity index (χ3v) is 4.69. The molecular weight excluding hydrogens is 326 g/mol. The Bertz CT molecular complexity index is 450. The second-order valence-electron chi connectivity index (χ2n) is 4.45. The van der Waals surface area contributed by atoms with Crippen LogP contribution in [-0.2, 0) is 0 Å². The summed E-state index contributed by atoms with van der Waals surface area (Å²) in [6.45, 7) is 3.81. The lowest BCUT2D eigenvalue weighted by Crippen LogP contribution is -2.39. The van der Waals surface area contributed by atoms with E-state index in [1.807, 2.05) is 11.8 Å². The van der Waals surface area contributed by atoms with E-state index in [1.165, 1.54) is 11.5 Å². The van der Waals surface area contributed by atoms with Gasteiger partial charge in [-0.15, -0.1) is 0 Å². The fourth-order valence-electron chi connectivity index (χ4n) is 1.96. The molecule has 0 aromatic heterocycles. The van der Waals surface area contributed by atoms with Crippen LogP contribution in [0.5, 0.6) is 0 Å². The van der Waals surface area contributed by atoms with Gasteiger partial charge in [-0.25, -0.2) is 0 Å². The van der Waals surface area contributed by atoms with Crippen molar-refractivity contribution < 1.29 is 4.79 Å². The lowest BCUT2D eigenvalue weighted by atomic mass is 10.2. The molecule has 6 heteroatoms. The van der Waals surface area contributed by atoms with Gasteiger partial charge in [-0.1, -0.05) is 0 Å². The fraction of sp³-hybridized carbons (Fsp3) is 0.462. The quantitative estimate of drug-likeness (QED) is 0.818. The standard InChI is InChI=1S/C13H18BrN3OS/c14-12-2-1-10(15)9-11(12)13(18)16-3-4-17-5-7-19-8-6-17/h1-2,9H,3-8,15H2,(H,16,18). The predicted octanol–water partition coefficient (Wildman–Crippen LogP) is 1.81. The van der Waals surface area contributed by atoms with Crippen LogP contribution in [0.3, 0.4) is 0 Å². The van der Waals surface area contributed by atoms with E-state index in [9.17, 15) is 4.79 Å². The van der Waals surface area contributed by atoms with Gasteiger partial charge in [0.25, 0.3) is 5.91 Å². The second kappa shape index (κ2) is 7.17. The molecule has 1 aliphatic rings. The van der Waals surface area contributed by atoms with E-state index in [4.69, 9.17) is 5.73 Å². The second-order valence-corrected chi connectivity index (χ2v) is 6.53. The van der Waals surface area contributed by atoms with Crippen LogP contribution in [0.4, 0.5) is 5.69 Å². The van der Waals surface area contributed by atoms with Crippen molar-refractivity contribution in [2.24, 2.45) is 0 Å². The summed E-state index contributed by atoms with van der Waals surface area (Å²) in [4.78, 5) is 14.4. The lowest BCUT2D eigenvalue weighted by molar-refractivity contribution is 0.0948. The van der Waals surface area contributed by atoms with E-state index in [0.29, 0.717) is 17.8 Å². The number of nitrogens with zero attached hydrogens (tertiary/aromatic N) is 1. The van der Waals surface area contributed by atoms with Crippen LogP contribution in [0.2, 0.25) is 0 Å². The molecule has 19 heavy (non-hydrogen) atoms. The number of carbonyl (C=O) groups excluding carboxylic acids is 1. The molecule has 0 spiro atoms. The Morgan fingerprint density at radius 3 is 2.89 bits per heavy atom. The van der Waals surface area contributed by atoms with Crippen LogP contribution in [0, 0.1) is 0 Å². The molecule has 4 nitrogen and oxygen atoms in total. The highest BCUT2D eigenvalue weighted by Gasteiger charge is 2.12. The first-order valence-corrected chi connectivity index (χ1v) is 8.25. The number of benzene rings is 1. The minimum absolute atomic E-state index is 0.0782. The van der Waals surface area contributed by atoms with Crippen LogP contribution in [0.15, 0.2) is 22.7 Å². The Kier molecular flexibility index (Phi) is 5.54. The van der Waals surface area contributed by atoms with Crippen molar-refractivity contribution in [3.63, 3.8) is 0 Å². The average molecular weight is 344 g/mol. The number of amides is 1. The summed E-state index contributed by atoms with van der Waals surface area (Å²) >= 11 is 5.36. The third-order valence-electron chi connectivity index (χ3n) is 3.05. The van der Waals surface area contributed by atoms with Gasteiger partial charge in [0, 0.05) is 47.8 Å². The van der Waals surface area contributed by atoms with Crippen molar-refractivity contribution in [3.8, 4) is 0 Å². The zero-order valence-electron chi connectivity index (χ0n) is 10.7. The monoisotopic (exact) mass is 343 g/mol. The van der Waals surface area contributed by atoms with Gasteiger partial charge >= 0.3 is 0 Å². The van der Waals surface area contributed by atoms with Gasteiger partial charge in [-0.2, -0.15) is 11.8 Å². The van der Waals surface area contributed by atoms with Gasteiger partial charge in [-0.05, 0) is 34.1 Å². The minimum atomic E-state index is -0.0782. The van der Waals surface area contributed by atoms with Crippen molar-refractivity contribution >= 4 is 39.3 Å². The molecule has 1 heterocycles. The van der Waals surface area contributed by atoms with E-state index in [0.717, 1.165) is 24.1 Å². The number of rotatable bonds is 4. The molecule has 104 valence electrons. The highest BCUT2D eigenvalue weighted by atomic mass is 79.9. The Labute approximate surface area is 126 Å². The number of nitrogens with two attached hydrogens (primary N) is 1. The number of halogens is 1. The molecule has 1 aromatic rings. The number of anilines is 1. The number of nitrogen functional groups attached to an aromatic ring is 1. The summed E-state index contributed by atoms with van der Waals surface area (Å²) in [6.07, 6.45) is 0. The zero-order valence-corrected chi connectivity index (χ0v) is 13.1. The van der Waals surface area contributed by atoms with Crippen molar-refractivity contribution in [2.45, 2.75) is 0 Å². The topological polar surface area (TPSA) is 58.4 Å². The Balaban J connectivity index is 1.82. The number of hydrogen-bond acceptors (Lipinski definition) is 4. The largest absolute Gasteiger partial charge is 0.399 e. The van der Waals surface area contributed by atoms with Crippen LogP contribution < -0.4 is 11.1 Å². The van der Waals surface area contributed by atoms with Gasteiger partial charge in [0.2, 0.25) is 0 Å². The normalized spacial score (nSPS) is 16.3. The summed E-state index contributed by atoms with van der Waals surface area (Å²) in [5.74, 6) is 2.30. The molecule has 0 saturated carbocycles. The van der Waals surface area contributed by atoms with E-state index in [2.05, 4.69) is 26.1 Å². The number of nitrogens with one attached hydrogen (secondary N) is 1. The van der Waals surface area contributed by atoms with E-state index in [1.54, 1.807) is 18.2 Å². The van der Waals surface area contributed by atoms with Gasteiger partial charge in [0.05, 0.1) is 5.56 Å². The molecule has 0 bridgehead atoms. The summed E-state index contributed by atoms with van der Waals surface area (Å²) in [7, 11) is 0. The van der Waals surface area contributed by atoms with Crippen LogP contribution >= 0.6 is 27.7 Å². The van der Waals surface area contributed by atoms with Crippen LogP contribution in [-0.4, -0.2) is 48.5 Å². The molecule has 1 fully saturated rings. The molecule has 0 unspecified atom stereocenters. The summed E-state index contributed by atoms with van der Waals surface area (Å²) in [5.41, 5.74) is 6.89. The lowest BCUT2D eigenvalue weighted by Gasteiger charge is -2.26.